The van der Waals surface area contributed by atoms with Crippen LogP contribution in [0, 0.1) is 5.92 Å². The summed E-state index contributed by atoms with van der Waals surface area (Å²) in [6.45, 7) is 3.22. The Bertz CT molecular complexity index is 868. The van der Waals surface area contributed by atoms with Crippen molar-refractivity contribution < 1.29 is 14.7 Å². The third kappa shape index (κ3) is 5.68. The van der Waals surface area contributed by atoms with E-state index in [1.165, 1.54) is 5.56 Å². The van der Waals surface area contributed by atoms with Gasteiger partial charge in [-0.3, -0.25) is 14.5 Å². The van der Waals surface area contributed by atoms with Crippen molar-refractivity contribution in [3.63, 3.8) is 0 Å². The van der Waals surface area contributed by atoms with E-state index in [1.807, 2.05) is 12.1 Å². The topological polar surface area (TPSA) is 81.7 Å². The summed E-state index contributed by atoms with van der Waals surface area (Å²) in [7, 11) is 0. The number of carbonyl (C=O) groups is 2. The van der Waals surface area contributed by atoms with Gasteiger partial charge in [0.15, 0.2) is 0 Å². The van der Waals surface area contributed by atoms with Crippen LogP contribution in [0.25, 0.3) is 0 Å². The maximum Gasteiger partial charge on any atom is 0.251 e. The fourth-order valence-electron chi connectivity index (χ4n) is 3.68. The minimum absolute atomic E-state index is 0.0635. The van der Waals surface area contributed by atoms with E-state index in [9.17, 15) is 14.7 Å². The van der Waals surface area contributed by atoms with Gasteiger partial charge in [0.05, 0.1) is 6.10 Å². The summed E-state index contributed by atoms with van der Waals surface area (Å²) >= 11 is 0. The number of hydrogen-bond donors (Lipinski definition) is 3. The number of benzene rings is 2. The summed E-state index contributed by atoms with van der Waals surface area (Å²) in [5.41, 5.74) is 3.59. The molecule has 2 amide bonds. The molecule has 1 aliphatic heterocycles. The van der Waals surface area contributed by atoms with Gasteiger partial charge in [-0.25, -0.2) is 0 Å². The predicted molar refractivity (Wildman–Crippen MR) is 116 cm³/mol. The van der Waals surface area contributed by atoms with E-state index in [0.29, 0.717) is 12.1 Å². The first-order chi connectivity index (χ1) is 14.6. The number of hydrogen-bond acceptors (Lipinski definition) is 4. The first kappa shape index (κ1) is 20.6. The van der Waals surface area contributed by atoms with Crippen molar-refractivity contribution in [2.45, 2.75) is 44.9 Å². The highest BCUT2D eigenvalue weighted by molar-refractivity contribution is 5.96. The molecular formula is C24H29N3O3. The molecule has 0 radical (unpaired) electrons. The molecule has 2 aromatic rings. The molecule has 6 heteroatoms. The monoisotopic (exact) mass is 407 g/mol. The first-order valence-corrected chi connectivity index (χ1v) is 10.7. The van der Waals surface area contributed by atoms with Crippen molar-refractivity contribution in [3.05, 3.63) is 65.2 Å². The summed E-state index contributed by atoms with van der Waals surface area (Å²) in [6.07, 6.45) is 3.48. The summed E-state index contributed by atoms with van der Waals surface area (Å²) in [5.74, 6) is 0.0895. The lowest BCUT2D eigenvalue weighted by Crippen LogP contribution is -2.35. The molecule has 0 bridgehead atoms. The Kier molecular flexibility index (Phi) is 6.45. The number of likely N-dealkylation sites (tertiary alicyclic amines) is 1. The van der Waals surface area contributed by atoms with Crippen molar-refractivity contribution in [1.29, 1.82) is 0 Å². The Morgan fingerprint density at radius 3 is 2.17 bits per heavy atom. The smallest absolute Gasteiger partial charge is 0.251 e. The molecule has 0 atom stereocenters. The van der Waals surface area contributed by atoms with Gasteiger partial charge in [0.1, 0.15) is 0 Å². The Morgan fingerprint density at radius 2 is 1.53 bits per heavy atom. The molecule has 2 aliphatic rings. The first-order valence-electron chi connectivity index (χ1n) is 10.7. The molecule has 1 heterocycles. The van der Waals surface area contributed by atoms with Gasteiger partial charge in [-0.15, -0.1) is 0 Å². The van der Waals surface area contributed by atoms with Gasteiger partial charge in [0, 0.05) is 43.3 Å². The van der Waals surface area contributed by atoms with Gasteiger partial charge in [-0.2, -0.15) is 0 Å². The number of piperidine rings is 1. The van der Waals surface area contributed by atoms with Crippen LogP contribution < -0.4 is 10.6 Å². The van der Waals surface area contributed by atoms with Gasteiger partial charge in [-0.05, 0) is 61.1 Å². The number of rotatable bonds is 7. The van der Waals surface area contributed by atoms with Crippen LogP contribution >= 0.6 is 0 Å². The van der Waals surface area contributed by atoms with Crippen LogP contribution in [0.4, 0.5) is 5.69 Å². The average Bonchev–Trinajstić information content (AvgIpc) is 3.61. The number of carbonyl (C=O) groups excluding carboxylic acids is 2. The standard InChI is InChI=1S/C24H29N3O3/c28-22-11-13-27(14-12-22)16-18-3-1-17(2-4-18)15-25-23(29)19-7-9-21(10-8-19)26-24(30)20-5-6-20/h1-4,7-10,20,22,28H,5-6,11-16H2,(H,25,29)(H,26,30). The summed E-state index contributed by atoms with van der Waals surface area (Å²) in [6, 6.07) is 15.3. The third-order valence-corrected chi connectivity index (χ3v) is 5.80. The maximum atomic E-state index is 12.4. The summed E-state index contributed by atoms with van der Waals surface area (Å²) in [5, 5.41) is 15.4. The highest BCUT2D eigenvalue weighted by Crippen LogP contribution is 2.30. The largest absolute Gasteiger partial charge is 0.393 e. The summed E-state index contributed by atoms with van der Waals surface area (Å²) in [4.78, 5) is 26.6. The molecule has 30 heavy (non-hydrogen) atoms. The zero-order chi connectivity index (χ0) is 20.9. The molecule has 158 valence electrons. The molecule has 4 rings (SSSR count). The average molecular weight is 408 g/mol. The van der Waals surface area contributed by atoms with Crippen molar-refractivity contribution in [3.8, 4) is 0 Å². The third-order valence-electron chi connectivity index (χ3n) is 5.80. The fourth-order valence-corrected chi connectivity index (χ4v) is 3.68. The Hall–Kier alpha value is -2.70. The minimum Gasteiger partial charge on any atom is -0.393 e. The Balaban J connectivity index is 1.23. The van der Waals surface area contributed by atoms with Gasteiger partial charge >= 0.3 is 0 Å². The van der Waals surface area contributed by atoms with E-state index >= 15 is 0 Å². The van der Waals surface area contributed by atoms with Crippen LogP contribution in [-0.4, -0.2) is 41.0 Å². The van der Waals surface area contributed by atoms with E-state index in [-0.39, 0.29) is 23.8 Å². The molecule has 6 nitrogen and oxygen atoms in total. The second-order valence-electron chi connectivity index (χ2n) is 8.35. The molecule has 1 saturated heterocycles. The number of nitrogens with one attached hydrogen (secondary N) is 2. The van der Waals surface area contributed by atoms with E-state index < -0.39 is 0 Å². The molecule has 0 spiro atoms. The van der Waals surface area contributed by atoms with E-state index in [2.05, 4.69) is 27.7 Å². The predicted octanol–water partition coefficient (Wildman–Crippen LogP) is 2.92. The highest BCUT2D eigenvalue weighted by atomic mass is 16.3. The number of amides is 2. The number of aliphatic hydroxyl groups is 1. The van der Waals surface area contributed by atoms with Crippen LogP contribution in [-0.2, 0) is 17.9 Å². The van der Waals surface area contributed by atoms with Crippen LogP contribution in [0.3, 0.4) is 0 Å². The lowest BCUT2D eigenvalue weighted by atomic mass is 10.1. The molecular weight excluding hydrogens is 378 g/mol. The second-order valence-corrected chi connectivity index (χ2v) is 8.35. The minimum atomic E-state index is -0.148. The van der Waals surface area contributed by atoms with E-state index in [4.69, 9.17) is 0 Å². The molecule has 1 aliphatic carbocycles. The lowest BCUT2D eigenvalue weighted by Gasteiger charge is -2.29. The summed E-state index contributed by atoms with van der Waals surface area (Å²) < 4.78 is 0. The van der Waals surface area contributed by atoms with Crippen molar-refractivity contribution in [2.75, 3.05) is 18.4 Å². The molecule has 0 unspecified atom stereocenters. The second kappa shape index (κ2) is 9.41. The normalized spacial score (nSPS) is 17.5. The van der Waals surface area contributed by atoms with E-state index in [1.54, 1.807) is 24.3 Å². The number of nitrogens with zero attached hydrogens (tertiary/aromatic N) is 1. The zero-order valence-electron chi connectivity index (χ0n) is 17.1. The van der Waals surface area contributed by atoms with Crippen LogP contribution in [0.15, 0.2) is 48.5 Å². The van der Waals surface area contributed by atoms with Gasteiger partial charge in [0.25, 0.3) is 5.91 Å². The highest BCUT2D eigenvalue weighted by Gasteiger charge is 2.29. The molecule has 2 fully saturated rings. The van der Waals surface area contributed by atoms with Crippen molar-refractivity contribution in [1.82, 2.24) is 10.2 Å². The maximum absolute atomic E-state index is 12.4. The Morgan fingerprint density at radius 1 is 0.900 bits per heavy atom. The van der Waals surface area contributed by atoms with E-state index in [0.717, 1.165) is 56.6 Å². The number of anilines is 1. The van der Waals surface area contributed by atoms with Gasteiger partial charge < -0.3 is 15.7 Å². The van der Waals surface area contributed by atoms with Gasteiger partial charge in [-0.1, -0.05) is 24.3 Å². The fraction of sp³-hybridized carbons (Fsp3) is 0.417. The molecule has 1 saturated carbocycles. The zero-order valence-corrected chi connectivity index (χ0v) is 17.1. The van der Waals surface area contributed by atoms with Crippen molar-refractivity contribution in [2.24, 2.45) is 5.92 Å². The van der Waals surface area contributed by atoms with Crippen LogP contribution in [0.2, 0.25) is 0 Å². The molecule has 3 N–H and O–H groups in total. The van der Waals surface area contributed by atoms with Crippen molar-refractivity contribution >= 4 is 17.5 Å². The molecule has 2 aromatic carbocycles. The lowest BCUT2D eigenvalue weighted by molar-refractivity contribution is -0.117. The van der Waals surface area contributed by atoms with Gasteiger partial charge in [0.2, 0.25) is 5.91 Å². The quantitative estimate of drug-likeness (QED) is 0.659. The molecule has 0 aromatic heterocycles. The van der Waals surface area contributed by atoms with Crippen LogP contribution in [0.5, 0.6) is 0 Å². The SMILES string of the molecule is O=C(NCc1ccc(CN2CCC(O)CC2)cc1)c1ccc(NC(=O)C2CC2)cc1. The Labute approximate surface area is 177 Å². The van der Waals surface area contributed by atoms with Crippen LogP contribution in [0.1, 0.15) is 47.2 Å². The number of aliphatic hydroxyl groups excluding tert-OH is 1.